The van der Waals surface area contributed by atoms with Crippen molar-refractivity contribution in [1.82, 2.24) is 14.5 Å². The van der Waals surface area contributed by atoms with Gasteiger partial charge in [-0.3, -0.25) is 14.2 Å². The fourth-order valence-electron chi connectivity index (χ4n) is 3.84. The van der Waals surface area contributed by atoms with E-state index in [1.165, 1.54) is 0 Å². The van der Waals surface area contributed by atoms with Gasteiger partial charge in [-0.05, 0) is 44.0 Å². The van der Waals surface area contributed by atoms with Crippen LogP contribution >= 0.6 is 0 Å². The smallest absolute Gasteiger partial charge is 0.266 e. The summed E-state index contributed by atoms with van der Waals surface area (Å²) in [5.41, 5.74) is 1.07. The first-order chi connectivity index (χ1) is 15.0. The Bertz CT molecular complexity index is 1110. The molecular weight excluding hydrogens is 390 g/mol. The van der Waals surface area contributed by atoms with Gasteiger partial charge in [0.05, 0.1) is 29.7 Å². The Labute approximate surface area is 183 Å². The third-order valence-electron chi connectivity index (χ3n) is 5.51. The van der Waals surface area contributed by atoms with E-state index < -0.39 is 0 Å². The molecule has 1 amide bonds. The van der Waals surface area contributed by atoms with E-state index in [9.17, 15) is 9.59 Å². The highest BCUT2D eigenvalue weighted by Gasteiger charge is 2.26. The molecule has 0 aliphatic rings. The van der Waals surface area contributed by atoms with Gasteiger partial charge < -0.3 is 9.64 Å². The number of hydrogen-bond donors (Lipinski definition) is 0. The Morgan fingerprint density at radius 1 is 1.10 bits per heavy atom. The van der Waals surface area contributed by atoms with Gasteiger partial charge in [-0.1, -0.05) is 44.5 Å². The van der Waals surface area contributed by atoms with Crippen molar-refractivity contribution in [2.45, 2.75) is 52.5 Å². The summed E-state index contributed by atoms with van der Waals surface area (Å²) in [5, 5.41) is 0.532. The molecule has 0 spiro atoms. The van der Waals surface area contributed by atoms with Gasteiger partial charge in [0.15, 0.2) is 0 Å². The topological polar surface area (TPSA) is 64.4 Å². The average molecular weight is 422 g/mol. The molecule has 1 aromatic heterocycles. The normalized spacial score (nSPS) is 12.0. The number of unbranched alkanes of at least 4 members (excludes halogenated alkanes) is 1. The zero-order valence-corrected chi connectivity index (χ0v) is 18.8. The first kappa shape index (κ1) is 22.5. The molecule has 0 fully saturated rings. The number of ether oxygens (including phenoxy) is 1. The Morgan fingerprint density at radius 3 is 2.52 bits per heavy atom. The first-order valence-corrected chi connectivity index (χ1v) is 11.0. The maximum Gasteiger partial charge on any atom is 0.266 e. The number of benzene rings is 2. The zero-order chi connectivity index (χ0) is 22.4. The Kier molecular flexibility index (Phi) is 7.45. The molecule has 3 rings (SSSR count). The molecule has 0 saturated heterocycles. The molecule has 0 bridgehead atoms. The molecule has 0 saturated carbocycles. The van der Waals surface area contributed by atoms with Crippen LogP contribution in [0, 0.1) is 0 Å². The van der Waals surface area contributed by atoms with E-state index in [-0.39, 0.29) is 17.5 Å². The third-order valence-corrected chi connectivity index (χ3v) is 5.51. The first-order valence-electron chi connectivity index (χ1n) is 11.0. The fraction of sp³-hybridized carbons (Fsp3) is 0.400. The number of nitrogens with zero attached hydrogens (tertiary/aromatic N) is 3. The number of carbonyl (C=O) groups is 1. The van der Waals surface area contributed by atoms with Gasteiger partial charge in [0.25, 0.3) is 5.56 Å². The number of amides is 1. The zero-order valence-electron chi connectivity index (χ0n) is 18.8. The standard InChI is InChI=1S/C25H31N3O3/c1-5-7-17-27(23(29)12-6-2)18(3)24-26-20-14-9-8-13-19(20)25(30)28(24)21-15-10-11-16-22(21)31-4/h8-11,13-16,18H,5-7,12,17H2,1-4H3. The van der Waals surface area contributed by atoms with E-state index >= 15 is 0 Å². The minimum atomic E-state index is -0.368. The maximum absolute atomic E-state index is 13.6. The van der Waals surface area contributed by atoms with Gasteiger partial charge in [0, 0.05) is 13.0 Å². The van der Waals surface area contributed by atoms with E-state index in [0.29, 0.717) is 41.1 Å². The summed E-state index contributed by atoms with van der Waals surface area (Å²) in [5.74, 6) is 1.20. The van der Waals surface area contributed by atoms with Gasteiger partial charge in [0.1, 0.15) is 11.6 Å². The minimum absolute atomic E-state index is 0.0810. The molecule has 6 nitrogen and oxygen atoms in total. The second kappa shape index (κ2) is 10.2. The number of hydrogen-bond acceptors (Lipinski definition) is 4. The van der Waals surface area contributed by atoms with Gasteiger partial charge in [-0.2, -0.15) is 0 Å². The Balaban J connectivity index is 2.26. The fourth-order valence-corrected chi connectivity index (χ4v) is 3.84. The molecule has 3 aromatic rings. The van der Waals surface area contributed by atoms with E-state index in [2.05, 4.69) is 6.92 Å². The summed E-state index contributed by atoms with van der Waals surface area (Å²) in [4.78, 5) is 33.3. The van der Waals surface area contributed by atoms with Crippen LogP contribution in [-0.4, -0.2) is 34.0 Å². The van der Waals surface area contributed by atoms with Crippen LogP contribution in [0.1, 0.15) is 58.3 Å². The molecule has 0 radical (unpaired) electrons. The number of aromatic nitrogens is 2. The molecular formula is C25H31N3O3. The van der Waals surface area contributed by atoms with E-state index in [1.54, 1.807) is 17.7 Å². The van der Waals surface area contributed by atoms with Crippen LogP contribution in [0.3, 0.4) is 0 Å². The summed E-state index contributed by atoms with van der Waals surface area (Å²) in [7, 11) is 1.58. The molecule has 31 heavy (non-hydrogen) atoms. The van der Waals surface area contributed by atoms with Crippen molar-refractivity contribution in [3.8, 4) is 11.4 Å². The number of carbonyl (C=O) groups excluding carboxylic acids is 1. The number of methoxy groups -OCH3 is 1. The summed E-state index contributed by atoms with van der Waals surface area (Å²) in [6.07, 6.45) is 3.12. The highest BCUT2D eigenvalue weighted by atomic mass is 16.5. The monoisotopic (exact) mass is 421 g/mol. The Morgan fingerprint density at radius 2 is 1.81 bits per heavy atom. The highest BCUT2D eigenvalue weighted by molar-refractivity contribution is 5.79. The second-order valence-corrected chi connectivity index (χ2v) is 7.67. The van der Waals surface area contributed by atoms with Crippen LogP contribution in [0.25, 0.3) is 16.6 Å². The molecule has 0 aliphatic heterocycles. The minimum Gasteiger partial charge on any atom is -0.495 e. The van der Waals surface area contributed by atoms with Crippen molar-refractivity contribution < 1.29 is 9.53 Å². The lowest BCUT2D eigenvalue weighted by molar-refractivity contribution is -0.133. The van der Waals surface area contributed by atoms with Crippen LogP contribution in [0.2, 0.25) is 0 Å². The van der Waals surface area contributed by atoms with Gasteiger partial charge in [-0.15, -0.1) is 0 Å². The maximum atomic E-state index is 13.6. The molecule has 1 unspecified atom stereocenters. The summed E-state index contributed by atoms with van der Waals surface area (Å²) >= 11 is 0. The van der Waals surface area contributed by atoms with Crippen LogP contribution in [0.15, 0.2) is 53.3 Å². The van der Waals surface area contributed by atoms with Crippen LogP contribution < -0.4 is 10.3 Å². The quantitative estimate of drug-likeness (QED) is 0.494. The predicted molar refractivity (Wildman–Crippen MR) is 124 cm³/mol. The summed E-state index contributed by atoms with van der Waals surface area (Å²) in [6.45, 7) is 6.68. The average Bonchev–Trinajstić information content (AvgIpc) is 2.79. The van der Waals surface area contributed by atoms with E-state index in [4.69, 9.17) is 9.72 Å². The van der Waals surface area contributed by atoms with Gasteiger partial charge >= 0.3 is 0 Å². The summed E-state index contributed by atoms with van der Waals surface area (Å²) in [6, 6.07) is 14.3. The van der Waals surface area contributed by atoms with Crippen molar-refractivity contribution >= 4 is 16.8 Å². The van der Waals surface area contributed by atoms with Gasteiger partial charge in [0.2, 0.25) is 5.91 Å². The Hall–Kier alpha value is -3.15. The van der Waals surface area contributed by atoms with Crippen LogP contribution in [0.5, 0.6) is 5.75 Å². The lowest BCUT2D eigenvalue weighted by atomic mass is 10.1. The molecule has 6 heteroatoms. The lowest BCUT2D eigenvalue weighted by Gasteiger charge is -2.31. The molecule has 2 aromatic carbocycles. The second-order valence-electron chi connectivity index (χ2n) is 7.67. The van der Waals surface area contributed by atoms with Gasteiger partial charge in [-0.25, -0.2) is 4.98 Å². The molecule has 164 valence electrons. The van der Waals surface area contributed by atoms with Crippen molar-refractivity contribution in [1.29, 1.82) is 0 Å². The highest BCUT2D eigenvalue weighted by Crippen LogP contribution is 2.28. The van der Waals surface area contributed by atoms with E-state index in [0.717, 1.165) is 19.3 Å². The number of para-hydroxylation sites is 3. The third kappa shape index (κ3) is 4.63. The van der Waals surface area contributed by atoms with Crippen LogP contribution in [0.4, 0.5) is 0 Å². The number of fused-ring (bicyclic) bond motifs is 1. The SMILES string of the molecule is CCCCN(C(=O)CCC)C(C)c1nc2ccccc2c(=O)n1-c1ccccc1OC. The number of rotatable bonds is 9. The largest absolute Gasteiger partial charge is 0.495 e. The lowest BCUT2D eigenvalue weighted by Crippen LogP contribution is -2.38. The van der Waals surface area contributed by atoms with Crippen molar-refractivity contribution in [2.75, 3.05) is 13.7 Å². The summed E-state index contributed by atoms with van der Waals surface area (Å²) < 4.78 is 7.15. The van der Waals surface area contributed by atoms with Crippen LogP contribution in [-0.2, 0) is 4.79 Å². The molecule has 1 atom stereocenters. The molecule has 1 heterocycles. The molecule has 0 aliphatic carbocycles. The van der Waals surface area contributed by atoms with Crippen molar-refractivity contribution in [2.24, 2.45) is 0 Å². The van der Waals surface area contributed by atoms with Crippen molar-refractivity contribution in [3.63, 3.8) is 0 Å². The van der Waals surface area contributed by atoms with E-state index in [1.807, 2.05) is 61.2 Å². The molecule has 0 N–H and O–H groups in total. The predicted octanol–water partition coefficient (Wildman–Crippen LogP) is 4.88. The van der Waals surface area contributed by atoms with Crippen molar-refractivity contribution in [3.05, 3.63) is 64.7 Å².